The fourth-order valence-electron chi connectivity index (χ4n) is 5.85. The predicted molar refractivity (Wildman–Crippen MR) is 137 cm³/mol. The van der Waals surface area contributed by atoms with Crippen molar-refractivity contribution in [2.24, 2.45) is 17.3 Å². The Hall–Kier alpha value is -2.41. The van der Waals surface area contributed by atoms with Crippen LogP contribution in [0.3, 0.4) is 0 Å². The van der Waals surface area contributed by atoms with Gasteiger partial charge in [-0.15, -0.1) is 0 Å². The molecular weight excluding hydrogens is 458 g/mol. The van der Waals surface area contributed by atoms with E-state index in [9.17, 15) is 19.5 Å². The van der Waals surface area contributed by atoms with E-state index in [4.69, 9.17) is 9.47 Å². The molecule has 0 radical (unpaired) electrons. The lowest BCUT2D eigenvalue weighted by atomic mass is 9.75. The van der Waals surface area contributed by atoms with Gasteiger partial charge in [0.25, 0.3) is 0 Å². The first-order valence-corrected chi connectivity index (χ1v) is 13.8. The number of carboxylic acid groups (broad SMARTS) is 1. The monoisotopic (exact) mass is 501 g/mol. The number of esters is 1. The van der Waals surface area contributed by atoms with Gasteiger partial charge in [-0.25, -0.2) is 0 Å². The smallest absolute Gasteiger partial charge is 0.308 e. The molecule has 2 aliphatic carbocycles. The Morgan fingerprint density at radius 2 is 1.83 bits per heavy atom. The highest BCUT2D eigenvalue weighted by molar-refractivity contribution is 5.84. The van der Waals surface area contributed by atoms with Gasteiger partial charge >= 0.3 is 11.9 Å². The summed E-state index contributed by atoms with van der Waals surface area (Å²) < 4.78 is 10.9. The lowest BCUT2D eigenvalue weighted by Gasteiger charge is -2.35. The second kappa shape index (κ2) is 14.4. The molecule has 3 atom stereocenters. The Bertz CT molecular complexity index is 835. The number of benzene rings is 1. The summed E-state index contributed by atoms with van der Waals surface area (Å²) in [5.41, 5.74) is 0.505. The number of amides is 1. The van der Waals surface area contributed by atoms with Gasteiger partial charge in [0.15, 0.2) is 0 Å². The quantitative estimate of drug-likeness (QED) is 0.266. The number of hydrogen-bond donors (Lipinski definition) is 2. The Morgan fingerprint density at radius 3 is 2.53 bits per heavy atom. The summed E-state index contributed by atoms with van der Waals surface area (Å²) >= 11 is 0. The average molecular weight is 502 g/mol. The number of unbranched alkanes of at least 4 members (excludes halogenated alkanes) is 1. The molecular formula is C29H43NO6. The van der Waals surface area contributed by atoms with Crippen molar-refractivity contribution in [3.05, 3.63) is 35.9 Å². The van der Waals surface area contributed by atoms with Gasteiger partial charge in [0.2, 0.25) is 5.91 Å². The summed E-state index contributed by atoms with van der Waals surface area (Å²) in [6, 6.07) is 9.94. The minimum atomic E-state index is -0.820. The standard InChI is InChI=1S/C29H43NO6/c1-2-36-27(33)23-14-10-15-25(19-23)30-28(34)29(16-7-8-17-29)20-24(26(31)32)13-6-9-18-35-21-22-11-4-3-5-12-22/h3-5,11-12,23-25H,2,6-10,13-21H2,1H3,(H,30,34)(H,31,32)/t23-,24?,25+/m1/s1. The molecule has 0 bridgehead atoms. The number of carbonyl (C=O) groups is 3. The first kappa shape index (κ1) is 28.2. The van der Waals surface area contributed by atoms with Gasteiger partial charge in [0.05, 0.1) is 30.5 Å². The molecule has 1 aromatic rings. The molecule has 1 amide bonds. The minimum absolute atomic E-state index is 0.0213. The molecule has 0 aliphatic heterocycles. The largest absolute Gasteiger partial charge is 0.481 e. The SMILES string of the molecule is CCOC(=O)[C@@H]1CCC[C@H](NC(=O)C2(CC(CCCCOCc3ccccc3)C(=O)O)CCCC2)C1. The van der Waals surface area contributed by atoms with Crippen LogP contribution in [-0.4, -0.2) is 42.2 Å². The van der Waals surface area contributed by atoms with E-state index < -0.39 is 17.3 Å². The third-order valence-electron chi connectivity index (χ3n) is 7.86. The number of carbonyl (C=O) groups excluding carboxylic acids is 2. The molecule has 7 nitrogen and oxygen atoms in total. The van der Waals surface area contributed by atoms with E-state index in [0.29, 0.717) is 39.1 Å². The number of carboxylic acids is 1. The van der Waals surface area contributed by atoms with Crippen LogP contribution in [0.5, 0.6) is 0 Å². The molecule has 1 aromatic carbocycles. The lowest BCUT2D eigenvalue weighted by molar-refractivity contribution is -0.150. The molecule has 2 N–H and O–H groups in total. The maximum atomic E-state index is 13.5. The molecule has 200 valence electrons. The molecule has 1 unspecified atom stereocenters. The molecule has 36 heavy (non-hydrogen) atoms. The Kier molecular flexibility index (Phi) is 11.2. The van der Waals surface area contributed by atoms with Gasteiger partial charge in [-0.2, -0.15) is 0 Å². The van der Waals surface area contributed by atoms with Crippen LogP contribution in [0.25, 0.3) is 0 Å². The van der Waals surface area contributed by atoms with Gasteiger partial charge in [0.1, 0.15) is 0 Å². The van der Waals surface area contributed by atoms with E-state index >= 15 is 0 Å². The first-order valence-electron chi connectivity index (χ1n) is 13.8. The van der Waals surface area contributed by atoms with Crippen LogP contribution >= 0.6 is 0 Å². The molecule has 0 saturated heterocycles. The third-order valence-corrected chi connectivity index (χ3v) is 7.86. The van der Waals surface area contributed by atoms with Crippen LogP contribution in [-0.2, 0) is 30.5 Å². The molecule has 0 spiro atoms. The van der Waals surface area contributed by atoms with Crippen molar-refractivity contribution in [3.63, 3.8) is 0 Å². The van der Waals surface area contributed by atoms with Gasteiger partial charge in [-0.3, -0.25) is 14.4 Å². The lowest BCUT2D eigenvalue weighted by Crippen LogP contribution is -2.47. The van der Waals surface area contributed by atoms with Crippen molar-refractivity contribution in [2.75, 3.05) is 13.2 Å². The van der Waals surface area contributed by atoms with Crippen LogP contribution in [0.2, 0.25) is 0 Å². The summed E-state index contributed by atoms with van der Waals surface area (Å²) in [7, 11) is 0. The maximum Gasteiger partial charge on any atom is 0.308 e. The maximum absolute atomic E-state index is 13.5. The van der Waals surface area contributed by atoms with Crippen LogP contribution in [0, 0.1) is 17.3 Å². The number of ether oxygens (including phenoxy) is 2. The van der Waals surface area contributed by atoms with E-state index in [1.807, 2.05) is 30.3 Å². The highest BCUT2D eigenvalue weighted by Crippen LogP contribution is 2.45. The van der Waals surface area contributed by atoms with Crippen molar-refractivity contribution < 1.29 is 29.0 Å². The fourth-order valence-corrected chi connectivity index (χ4v) is 5.85. The van der Waals surface area contributed by atoms with Crippen molar-refractivity contribution in [3.8, 4) is 0 Å². The van der Waals surface area contributed by atoms with Crippen molar-refractivity contribution in [2.45, 2.75) is 96.6 Å². The topological polar surface area (TPSA) is 102 Å². The van der Waals surface area contributed by atoms with Crippen LogP contribution < -0.4 is 5.32 Å². The summed E-state index contributed by atoms with van der Waals surface area (Å²) in [6.45, 7) is 3.33. The summed E-state index contributed by atoms with van der Waals surface area (Å²) in [4.78, 5) is 37.8. The first-order chi connectivity index (χ1) is 17.4. The average Bonchev–Trinajstić information content (AvgIpc) is 3.36. The molecule has 2 saturated carbocycles. The van der Waals surface area contributed by atoms with Gasteiger partial charge in [0, 0.05) is 12.6 Å². The van der Waals surface area contributed by atoms with E-state index in [-0.39, 0.29) is 23.8 Å². The van der Waals surface area contributed by atoms with Crippen molar-refractivity contribution in [1.29, 1.82) is 0 Å². The normalized spacial score (nSPS) is 22.0. The highest BCUT2D eigenvalue weighted by Gasteiger charge is 2.45. The second-order valence-electron chi connectivity index (χ2n) is 10.5. The predicted octanol–water partition coefficient (Wildman–Crippen LogP) is 5.26. The molecule has 0 heterocycles. The number of aliphatic carboxylic acids is 1. The van der Waals surface area contributed by atoms with Gasteiger partial charge in [-0.05, 0) is 63.9 Å². The molecule has 2 aliphatic rings. The second-order valence-corrected chi connectivity index (χ2v) is 10.5. The van der Waals surface area contributed by atoms with Crippen LogP contribution in [0.1, 0.15) is 89.5 Å². The number of hydrogen-bond acceptors (Lipinski definition) is 5. The third kappa shape index (κ3) is 8.32. The van der Waals surface area contributed by atoms with E-state index in [0.717, 1.165) is 63.4 Å². The van der Waals surface area contributed by atoms with Crippen molar-refractivity contribution >= 4 is 17.8 Å². The minimum Gasteiger partial charge on any atom is -0.481 e. The van der Waals surface area contributed by atoms with E-state index in [1.165, 1.54) is 0 Å². The zero-order valence-electron chi connectivity index (χ0n) is 21.7. The van der Waals surface area contributed by atoms with Gasteiger partial charge in [-0.1, -0.05) is 56.0 Å². The molecule has 0 aromatic heterocycles. The Balaban J connectivity index is 1.48. The zero-order chi connectivity index (χ0) is 25.8. The fraction of sp³-hybridized carbons (Fsp3) is 0.690. The van der Waals surface area contributed by atoms with E-state index in [2.05, 4.69) is 5.32 Å². The number of rotatable bonds is 14. The molecule has 2 fully saturated rings. The Morgan fingerprint density at radius 1 is 1.08 bits per heavy atom. The van der Waals surface area contributed by atoms with E-state index in [1.54, 1.807) is 6.92 Å². The molecule has 7 heteroatoms. The zero-order valence-corrected chi connectivity index (χ0v) is 21.7. The summed E-state index contributed by atoms with van der Waals surface area (Å²) in [5, 5.41) is 13.1. The number of nitrogens with one attached hydrogen (secondary N) is 1. The van der Waals surface area contributed by atoms with Crippen LogP contribution in [0.15, 0.2) is 30.3 Å². The van der Waals surface area contributed by atoms with Gasteiger partial charge < -0.3 is 19.9 Å². The van der Waals surface area contributed by atoms with Crippen molar-refractivity contribution in [1.82, 2.24) is 5.32 Å². The summed E-state index contributed by atoms with van der Waals surface area (Å²) in [5.74, 6) is -1.72. The summed E-state index contributed by atoms with van der Waals surface area (Å²) in [6.07, 6.45) is 8.98. The van der Waals surface area contributed by atoms with Crippen LogP contribution in [0.4, 0.5) is 0 Å². The Labute approximate surface area is 215 Å². The molecule has 3 rings (SSSR count). The highest BCUT2D eigenvalue weighted by atomic mass is 16.5.